The third-order valence-corrected chi connectivity index (χ3v) is 8.82. The molecular weight excluding hydrogens is 230 g/mol. The third-order valence-electron chi connectivity index (χ3n) is 4.32. The number of aliphatic hydroxyl groups excluding tert-OH is 1. The zero-order chi connectivity index (χ0) is 13.1. The molecule has 1 heterocycles. The van der Waals surface area contributed by atoms with E-state index in [2.05, 4.69) is 39.2 Å². The van der Waals surface area contributed by atoms with Crippen LogP contribution in [-0.4, -0.2) is 39.2 Å². The fourth-order valence-electron chi connectivity index (χ4n) is 2.07. The largest absolute Gasteiger partial charge is 0.412 e. The number of hydrogen-bond donors (Lipinski definition) is 2. The van der Waals surface area contributed by atoms with E-state index in [1.54, 1.807) is 0 Å². The van der Waals surface area contributed by atoms with Gasteiger partial charge in [0.25, 0.3) is 0 Å². The van der Waals surface area contributed by atoms with Crippen molar-refractivity contribution in [2.24, 2.45) is 5.92 Å². The van der Waals surface area contributed by atoms with Gasteiger partial charge in [0, 0.05) is 13.2 Å². The Balaban J connectivity index is 2.64. The molecule has 2 N–H and O–H groups in total. The van der Waals surface area contributed by atoms with Gasteiger partial charge in [-0.2, -0.15) is 0 Å². The van der Waals surface area contributed by atoms with Crippen molar-refractivity contribution in [3.05, 3.63) is 0 Å². The van der Waals surface area contributed by atoms with Gasteiger partial charge in [-0.3, -0.25) is 0 Å². The standard InChI is InChI=1S/C13H29NO2Si/c1-13(2,3)17(4,5)16-12-10-14-8-6-11(12)7-9-15/h11-12,14-15H,6-10H2,1-5H3/t11-,12+/m1/s1. The van der Waals surface area contributed by atoms with E-state index in [0.29, 0.717) is 5.92 Å². The van der Waals surface area contributed by atoms with E-state index in [9.17, 15) is 0 Å². The second-order valence-electron chi connectivity index (χ2n) is 6.68. The van der Waals surface area contributed by atoms with E-state index in [0.717, 1.165) is 25.9 Å². The first-order chi connectivity index (χ1) is 7.78. The Kier molecular flexibility index (Phi) is 5.19. The maximum absolute atomic E-state index is 9.13. The topological polar surface area (TPSA) is 41.5 Å². The van der Waals surface area contributed by atoms with E-state index in [4.69, 9.17) is 9.53 Å². The van der Waals surface area contributed by atoms with E-state index < -0.39 is 8.32 Å². The lowest BCUT2D eigenvalue weighted by molar-refractivity contribution is 0.0744. The Bertz CT molecular complexity index is 236. The second-order valence-corrected chi connectivity index (χ2v) is 11.4. The normalized spacial score (nSPS) is 27.2. The molecule has 1 aliphatic heterocycles. The highest BCUT2D eigenvalue weighted by Crippen LogP contribution is 2.38. The highest BCUT2D eigenvalue weighted by molar-refractivity contribution is 6.74. The number of piperidine rings is 1. The lowest BCUT2D eigenvalue weighted by atomic mass is 9.92. The molecule has 102 valence electrons. The van der Waals surface area contributed by atoms with Crippen LogP contribution in [0.3, 0.4) is 0 Å². The van der Waals surface area contributed by atoms with Crippen LogP contribution in [-0.2, 0) is 4.43 Å². The molecule has 4 heteroatoms. The zero-order valence-corrected chi connectivity index (χ0v) is 13.0. The van der Waals surface area contributed by atoms with E-state index >= 15 is 0 Å². The van der Waals surface area contributed by atoms with Crippen LogP contribution in [0.4, 0.5) is 0 Å². The highest BCUT2D eigenvalue weighted by Gasteiger charge is 2.41. The summed E-state index contributed by atoms with van der Waals surface area (Å²) in [5.74, 6) is 0.523. The summed E-state index contributed by atoms with van der Waals surface area (Å²) >= 11 is 0. The molecule has 1 rings (SSSR count). The predicted molar refractivity (Wildman–Crippen MR) is 74.7 cm³/mol. The van der Waals surface area contributed by atoms with Crippen molar-refractivity contribution in [3.8, 4) is 0 Å². The summed E-state index contributed by atoms with van der Waals surface area (Å²) in [4.78, 5) is 0. The van der Waals surface area contributed by atoms with Crippen LogP contribution in [0.15, 0.2) is 0 Å². The van der Waals surface area contributed by atoms with Gasteiger partial charge in [-0.25, -0.2) is 0 Å². The first-order valence-electron chi connectivity index (χ1n) is 6.77. The Hall–Kier alpha value is 0.0969. The molecule has 1 saturated heterocycles. The average Bonchev–Trinajstić information content (AvgIpc) is 2.19. The van der Waals surface area contributed by atoms with Crippen LogP contribution < -0.4 is 5.32 Å². The molecule has 0 aliphatic carbocycles. The zero-order valence-electron chi connectivity index (χ0n) is 12.0. The summed E-state index contributed by atoms with van der Waals surface area (Å²) in [6.45, 7) is 13.7. The van der Waals surface area contributed by atoms with Gasteiger partial charge in [0.2, 0.25) is 0 Å². The molecule has 0 saturated carbocycles. The van der Waals surface area contributed by atoms with Crippen LogP contribution in [0, 0.1) is 5.92 Å². The number of nitrogens with one attached hydrogen (secondary N) is 1. The van der Waals surface area contributed by atoms with Gasteiger partial charge in [-0.15, -0.1) is 0 Å². The average molecular weight is 259 g/mol. The van der Waals surface area contributed by atoms with Crippen molar-refractivity contribution in [1.82, 2.24) is 5.32 Å². The van der Waals surface area contributed by atoms with Crippen molar-refractivity contribution in [1.29, 1.82) is 0 Å². The summed E-state index contributed by atoms with van der Waals surface area (Å²) in [6.07, 6.45) is 2.29. The second kappa shape index (κ2) is 5.82. The summed E-state index contributed by atoms with van der Waals surface area (Å²) in [5, 5.41) is 12.8. The van der Waals surface area contributed by atoms with E-state index in [1.165, 1.54) is 0 Å². The Labute approximate surface area is 107 Å². The van der Waals surface area contributed by atoms with Crippen molar-refractivity contribution < 1.29 is 9.53 Å². The minimum atomic E-state index is -1.68. The molecule has 17 heavy (non-hydrogen) atoms. The number of hydrogen-bond acceptors (Lipinski definition) is 3. The molecule has 0 spiro atoms. The monoisotopic (exact) mass is 259 g/mol. The molecule has 0 bridgehead atoms. The maximum atomic E-state index is 9.13. The SMILES string of the molecule is CC(C)(C)[Si](C)(C)O[C@H]1CNCC[C@@H]1CCO. The fourth-order valence-corrected chi connectivity index (χ4v) is 3.46. The summed E-state index contributed by atoms with van der Waals surface area (Å²) in [6, 6.07) is 0. The third kappa shape index (κ3) is 4.05. The first kappa shape index (κ1) is 15.2. The Morgan fingerprint density at radius 1 is 1.35 bits per heavy atom. The predicted octanol–water partition coefficient (Wildman–Crippen LogP) is 2.37. The van der Waals surface area contributed by atoms with Crippen molar-refractivity contribution >= 4 is 8.32 Å². The van der Waals surface area contributed by atoms with Gasteiger partial charge in [0.15, 0.2) is 8.32 Å². The molecule has 2 atom stereocenters. The number of rotatable bonds is 4. The molecular formula is C13H29NO2Si. The first-order valence-corrected chi connectivity index (χ1v) is 9.68. The Morgan fingerprint density at radius 3 is 2.53 bits per heavy atom. The van der Waals surface area contributed by atoms with Gasteiger partial charge in [-0.1, -0.05) is 20.8 Å². The molecule has 0 unspecified atom stereocenters. The molecule has 3 nitrogen and oxygen atoms in total. The van der Waals surface area contributed by atoms with Gasteiger partial charge in [0.1, 0.15) is 0 Å². The molecule has 1 fully saturated rings. The smallest absolute Gasteiger partial charge is 0.192 e. The lowest BCUT2D eigenvalue weighted by Crippen LogP contribution is -2.51. The number of aliphatic hydroxyl groups is 1. The molecule has 0 aromatic heterocycles. The minimum Gasteiger partial charge on any atom is -0.412 e. The summed E-state index contributed by atoms with van der Waals surface area (Å²) in [7, 11) is -1.68. The van der Waals surface area contributed by atoms with Gasteiger partial charge in [0.05, 0.1) is 6.10 Å². The van der Waals surface area contributed by atoms with Crippen LogP contribution >= 0.6 is 0 Å². The molecule has 0 aromatic rings. The Morgan fingerprint density at radius 2 is 2.00 bits per heavy atom. The molecule has 0 radical (unpaired) electrons. The quantitative estimate of drug-likeness (QED) is 0.762. The minimum absolute atomic E-state index is 0.258. The van der Waals surface area contributed by atoms with Crippen molar-refractivity contribution in [2.45, 2.75) is 57.8 Å². The van der Waals surface area contributed by atoms with E-state index in [1.807, 2.05) is 0 Å². The van der Waals surface area contributed by atoms with Crippen LogP contribution in [0.2, 0.25) is 18.1 Å². The molecule has 0 amide bonds. The molecule has 0 aromatic carbocycles. The fraction of sp³-hybridized carbons (Fsp3) is 1.00. The lowest BCUT2D eigenvalue weighted by Gasteiger charge is -2.43. The van der Waals surface area contributed by atoms with E-state index in [-0.39, 0.29) is 17.7 Å². The highest BCUT2D eigenvalue weighted by atomic mass is 28.4. The van der Waals surface area contributed by atoms with Gasteiger partial charge in [-0.05, 0) is 43.4 Å². The van der Waals surface area contributed by atoms with Crippen LogP contribution in [0.1, 0.15) is 33.6 Å². The summed E-state index contributed by atoms with van der Waals surface area (Å²) < 4.78 is 6.47. The molecule has 1 aliphatic rings. The van der Waals surface area contributed by atoms with Crippen molar-refractivity contribution in [3.63, 3.8) is 0 Å². The van der Waals surface area contributed by atoms with Crippen LogP contribution in [0.25, 0.3) is 0 Å². The van der Waals surface area contributed by atoms with Crippen molar-refractivity contribution in [2.75, 3.05) is 19.7 Å². The maximum Gasteiger partial charge on any atom is 0.192 e. The van der Waals surface area contributed by atoms with Gasteiger partial charge >= 0.3 is 0 Å². The van der Waals surface area contributed by atoms with Gasteiger partial charge < -0.3 is 14.8 Å². The van der Waals surface area contributed by atoms with Crippen LogP contribution in [0.5, 0.6) is 0 Å². The summed E-state index contributed by atoms with van der Waals surface area (Å²) in [5.41, 5.74) is 0.